The van der Waals surface area contributed by atoms with E-state index in [2.05, 4.69) is 10.4 Å². The molecule has 1 aromatic heterocycles. The van der Waals surface area contributed by atoms with Gasteiger partial charge in [0.1, 0.15) is 11.8 Å². The van der Waals surface area contributed by atoms with Crippen LogP contribution in [0, 0.1) is 18.3 Å². The molecule has 6 nitrogen and oxygen atoms in total. The summed E-state index contributed by atoms with van der Waals surface area (Å²) in [6.45, 7) is 2.17. The van der Waals surface area contributed by atoms with Crippen LogP contribution >= 0.6 is 0 Å². The lowest BCUT2D eigenvalue weighted by Crippen LogP contribution is -2.28. The molecule has 0 spiro atoms. The first-order valence-corrected chi connectivity index (χ1v) is 6.48. The molecule has 1 aromatic carbocycles. The number of nitriles is 1. The van der Waals surface area contributed by atoms with Gasteiger partial charge in [0, 0.05) is 25.4 Å². The van der Waals surface area contributed by atoms with Crippen LogP contribution in [0.1, 0.15) is 16.8 Å². The number of hydrogen-bond donors (Lipinski definition) is 1. The Morgan fingerprint density at radius 3 is 2.90 bits per heavy atom. The number of amides is 1. The van der Waals surface area contributed by atoms with E-state index in [4.69, 9.17) is 10.00 Å². The number of para-hydroxylation sites is 1. The molecular weight excluding hydrogens is 268 g/mol. The monoisotopic (exact) mass is 284 g/mol. The van der Waals surface area contributed by atoms with Crippen LogP contribution in [0.3, 0.4) is 0 Å². The minimum absolute atomic E-state index is 0.127. The fraction of sp³-hybridized carbons (Fsp3) is 0.267. The van der Waals surface area contributed by atoms with Gasteiger partial charge in [-0.05, 0) is 19.1 Å². The summed E-state index contributed by atoms with van der Waals surface area (Å²) in [6, 6.07) is 8.83. The lowest BCUT2D eigenvalue weighted by molar-refractivity contribution is -0.123. The van der Waals surface area contributed by atoms with E-state index in [1.165, 1.54) is 0 Å². The van der Waals surface area contributed by atoms with Crippen molar-refractivity contribution in [1.82, 2.24) is 15.1 Å². The van der Waals surface area contributed by atoms with E-state index in [0.29, 0.717) is 17.9 Å². The van der Waals surface area contributed by atoms with E-state index >= 15 is 0 Å². The quantitative estimate of drug-likeness (QED) is 0.897. The number of carbonyl (C=O) groups is 1. The van der Waals surface area contributed by atoms with E-state index in [1.54, 1.807) is 28.9 Å². The predicted octanol–water partition coefficient (Wildman–Crippen LogP) is 1.30. The summed E-state index contributed by atoms with van der Waals surface area (Å²) in [7, 11) is 1.83. The molecule has 0 aliphatic heterocycles. The van der Waals surface area contributed by atoms with Crippen LogP contribution < -0.4 is 10.1 Å². The normalized spacial score (nSPS) is 9.95. The molecule has 6 heteroatoms. The van der Waals surface area contributed by atoms with E-state index in [0.717, 1.165) is 11.3 Å². The first kappa shape index (κ1) is 14.6. The largest absolute Gasteiger partial charge is 0.482 e. The molecule has 21 heavy (non-hydrogen) atoms. The van der Waals surface area contributed by atoms with Gasteiger partial charge in [-0.25, -0.2) is 0 Å². The molecule has 108 valence electrons. The van der Waals surface area contributed by atoms with Gasteiger partial charge < -0.3 is 10.1 Å². The fourth-order valence-electron chi connectivity index (χ4n) is 1.90. The second kappa shape index (κ2) is 6.57. The highest BCUT2D eigenvalue weighted by Crippen LogP contribution is 2.16. The highest BCUT2D eigenvalue weighted by atomic mass is 16.5. The fourth-order valence-corrected chi connectivity index (χ4v) is 1.90. The number of aryl methyl sites for hydroxylation is 2. The first-order chi connectivity index (χ1) is 10.1. The zero-order chi connectivity index (χ0) is 15.2. The van der Waals surface area contributed by atoms with Crippen molar-refractivity contribution in [3.8, 4) is 11.8 Å². The lowest BCUT2D eigenvalue weighted by atomic mass is 10.2. The van der Waals surface area contributed by atoms with Gasteiger partial charge >= 0.3 is 0 Å². The minimum Gasteiger partial charge on any atom is -0.482 e. The van der Waals surface area contributed by atoms with Crippen LogP contribution in [-0.4, -0.2) is 22.3 Å². The molecule has 0 unspecified atom stereocenters. The molecule has 0 saturated carbocycles. The van der Waals surface area contributed by atoms with Crippen molar-refractivity contribution in [2.75, 3.05) is 6.61 Å². The molecule has 0 saturated heterocycles. The lowest BCUT2D eigenvalue weighted by Gasteiger charge is -2.08. The number of nitrogens with zero attached hydrogens (tertiary/aromatic N) is 3. The van der Waals surface area contributed by atoms with Gasteiger partial charge in [-0.2, -0.15) is 10.4 Å². The Morgan fingerprint density at radius 2 is 2.24 bits per heavy atom. The first-order valence-electron chi connectivity index (χ1n) is 6.48. The third kappa shape index (κ3) is 3.83. The number of ether oxygens (including phenoxy) is 1. The number of aromatic nitrogens is 2. The zero-order valence-corrected chi connectivity index (χ0v) is 12.0. The maximum absolute atomic E-state index is 11.8. The Labute approximate surface area is 123 Å². The summed E-state index contributed by atoms with van der Waals surface area (Å²) in [5, 5.41) is 15.9. The van der Waals surface area contributed by atoms with Gasteiger partial charge in [0.25, 0.3) is 5.91 Å². The van der Waals surface area contributed by atoms with Gasteiger partial charge in [0.05, 0.1) is 11.3 Å². The molecule has 0 aliphatic carbocycles. The van der Waals surface area contributed by atoms with Crippen molar-refractivity contribution in [2.45, 2.75) is 13.5 Å². The van der Waals surface area contributed by atoms with Gasteiger partial charge in [-0.1, -0.05) is 12.1 Å². The number of rotatable bonds is 5. The number of carbonyl (C=O) groups excluding carboxylic acids is 1. The van der Waals surface area contributed by atoms with Crippen LogP contribution in [-0.2, 0) is 18.4 Å². The summed E-state index contributed by atoms with van der Waals surface area (Å²) >= 11 is 0. The van der Waals surface area contributed by atoms with E-state index in [1.807, 2.05) is 26.2 Å². The number of hydrogen-bond acceptors (Lipinski definition) is 4. The van der Waals surface area contributed by atoms with Gasteiger partial charge in [0.15, 0.2) is 6.61 Å². The van der Waals surface area contributed by atoms with Crippen LogP contribution in [0.2, 0.25) is 0 Å². The van der Waals surface area contributed by atoms with Crippen LogP contribution in [0.25, 0.3) is 0 Å². The number of benzene rings is 1. The van der Waals surface area contributed by atoms with Crippen molar-refractivity contribution in [1.29, 1.82) is 5.26 Å². The molecule has 0 fully saturated rings. The maximum atomic E-state index is 11.8. The van der Waals surface area contributed by atoms with Crippen molar-refractivity contribution in [2.24, 2.45) is 7.05 Å². The Hall–Kier alpha value is -2.81. The Balaban J connectivity index is 1.85. The number of nitrogens with one attached hydrogen (secondary N) is 1. The standard InChI is InChI=1S/C15H16N4O2/c1-11-13(9-19(2)18-11)8-17-15(20)10-21-14-6-4-3-5-12(14)7-16/h3-6,9H,8,10H2,1-2H3,(H,17,20). The second-order valence-corrected chi connectivity index (χ2v) is 4.59. The van der Waals surface area contributed by atoms with Gasteiger partial charge in [-0.3, -0.25) is 9.48 Å². The van der Waals surface area contributed by atoms with E-state index < -0.39 is 0 Å². The molecule has 2 aromatic rings. The summed E-state index contributed by atoms with van der Waals surface area (Å²) in [4.78, 5) is 11.8. The average molecular weight is 284 g/mol. The molecule has 1 heterocycles. The maximum Gasteiger partial charge on any atom is 0.258 e. The van der Waals surface area contributed by atoms with Crippen molar-refractivity contribution >= 4 is 5.91 Å². The molecule has 0 bridgehead atoms. The molecule has 0 radical (unpaired) electrons. The Morgan fingerprint density at radius 1 is 1.48 bits per heavy atom. The van der Waals surface area contributed by atoms with E-state index in [9.17, 15) is 4.79 Å². The molecule has 1 amide bonds. The molecule has 2 rings (SSSR count). The van der Waals surface area contributed by atoms with Gasteiger partial charge in [0.2, 0.25) is 0 Å². The molecule has 0 atom stereocenters. The van der Waals surface area contributed by atoms with Crippen molar-refractivity contribution in [3.05, 3.63) is 47.3 Å². The predicted molar refractivity (Wildman–Crippen MR) is 76.4 cm³/mol. The zero-order valence-electron chi connectivity index (χ0n) is 12.0. The highest BCUT2D eigenvalue weighted by molar-refractivity contribution is 5.77. The Kier molecular flexibility index (Phi) is 4.57. The smallest absolute Gasteiger partial charge is 0.258 e. The van der Waals surface area contributed by atoms with Crippen LogP contribution in [0.4, 0.5) is 0 Å². The van der Waals surface area contributed by atoms with Gasteiger partial charge in [-0.15, -0.1) is 0 Å². The summed E-state index contributed by atoms with van der Waals surface area (Å²) < 4.78 is 7.06. The van der Waals surface area contributed by atoms with Crippen molar-refractivity contribution < 1.29 is 9.53 Å². The summed E-state index contributed by atoms with van der Waals surface area (Å²) in [6.07, 6.45) is 1.86. The summed E-state index contributed by atoms with van der Waals surface area (Å²) in [5.41, 5.74) is 2.25. The van der Waals surface area contributed by atoms with E-state index in [-0.39, 0.29) is 12.5 Å². The second-order valence-electron chi connectivity index (χ2n) is 4.59. The molecule has 1 N–H and O–H groups in total. The van der Waals surface area contributed by atoms with Crippen LogP contribution in [0.15, 0.2) is 30.5 Å². The SMILES string of the molecule is Cc1nn(C)cc1CNC(=O)COc1ccccc1C#N. The molecule has 0 aliphatic rings. The Bertz CT molecular complexity index is 685. The molecular formula is C15H16N4O2. The topological polar surface area (TPSA) is 79.9 Å². The highest BCUT2D eigenvalue weighted by Gasteiger charge is 2.08. The third-order valence-electron chi connectivity index (χ3n) is 2.96. The average Bonchev–Trinajstić information content (AvgIpc) is 2.81. The third-order valence-corrected chi connectivity index (χ3v) is 2.96. The summed E-state index contributed by atoms with van der Waals surface area (Å²) in [5.74, 6) is 0.165. The van der Waals surface area contributed by atoms with Crippen LogP contribution in [0.5, 0.6) is 5.75 Å². The van der Waals surface area contributed by atoms with Crippen molar-refractivity contribution in [3.63, 3.8) is 0 Å². The minimum atomic E-state index is -0.244.